The molecular weight excluding hydrogens is 464 g/mol. The van der Waals surface area contributed by atoms with Crippen LogP contribution in [0.3, 0.4) is 0 Å². The van der Waals surface area contributed by atoms with Crippen LogP contribution in [-0.4, -0.2) is 17.6 Å². The molecule has 178 valence electrons. The van der Waals surface area contributed by atoms with Crippen LogP contribution in [-0.2, 0) is 22.4 Å². The molecule has 1 N–H and O–H groups in total. The molecule has 4 nitrogen and oxygen atoms in total. The number of aryl methyl sites for hydroxylation is 2. The van der Waals surface area contributed by atoms with Gasteiger partial charge in [0.25, 0.3) is 0 Å². The number of nitrogens with one attached hydrogen (secondary N) is 1. The second kappa shape index (κ2) is 11.1. The average Bonchev–Trinajstić information content (AvgIpc) is 3.08. The van der Waals surface area contributed by atoms with Crippen molar-refractivity contribution in [2.45, 2.75) is 17.7 Å². The summed E-state index contributed by atoms with van der Waals surface area (Å²) in [5, 5.41) is 2.90. The number of fused-ring (bicyclic) bond motifs is 2. The largest absolute Gasteiger partial charge is 0.322 e. The van der Waals surface area contributed by atoms with Gasteiger partial charge in [-0.25, -0.2) is 0 Å². The first-order valence-electron chi connectivity index (χ1n) is 11.9. The lowest BCUT2D eigenvalue weighted by molar-refractivity contribution is -0.115. The summed E-state index contributed by atoms with van der Waals surface area (Å²) in [5.74, 6) is 0.116. The van der Waals surface area contributed by atoms with Gasteiger partial charge in [0.2, 0.25) is 11.8 Å². The lowest BCUT2D eigenvalue weighted by atomic mass is 10.0. The Hall–Kier alpha value is -4.09. The molecule has 0 saturated carbocycles. The number of thioether (sulfide) groups is 1. The van der Waals surface area contributed by atoms with Crippen molar-refractivity contribution < 1.29 is 9.59 Å². The van der Waals surface area contributed by atoms with Crippen molar-refractivity contribution in [2.24, 2.45) is 0 Å². The first kappa shape index (κ1) is 23.6. The SMILES string of the molecule is O=C(/C=C/c1ccccc1)Nc1cccc(SCC(=O)N2c3ccccc3CCc3ccccc32)c1. The molecule has 0 bridgehead atoms. The van der Waals surface area contributed by atoms with Gasteiger partial charge in [-0.2, -0.15) is 0 Å². The van der Waals surface area contributed by atoms with E-state index in [4.69, 9.17) is 0 Å². The van der Waals surface area contributed by atoms with Crippen molar-refractivity contribution in [1.29, 1.82) is 0 Å². The third kappa shape index (κ3) is 5.58. The number of hydrogen-bond acceptors (Lipinski definition) is 3. The molecule has 0 saturated heterocycles. The monoisotopic (exact) mass is 490 g/mol. The van der Waals surface area contributed by atoms with Crippen molar-refractivity contribution in [2.75, 3.05) is 16.0 Å². The van der Waals surface area contributed by atoms with E-state index in [1.165, 1.54) is 29.0 Å². The van der Waals surface area contributed by atoms with Crippen LogP contribution >= 0.6 is 11.8 Å². The van der Waals surface area contributed by atoms with Crippen molar-refractivity contribution >= 4 is 46.7 Å². The van der Waals surface area contributed by atoms with Crippen LogP contribution in [0.5, 0.6) is 0 Å². The number of para-hydroxylation sites is 2. The summed E-state index contributed by atoms with van der Waals surface area (Å²) in [6.07, 6.45) is 5.12. The summed E-state index contributed by atoms with van der Waals surface area (Å²) in [6.45, 7) is 0. The van der Waals surface area contributed by atoms with E-state index >= 15 is 0 Å². The quantitative estimate of drug-likeness (QED) is 0.236. The molecule has 0 fully saturated rings. The predicted octanol–water partition coefficient (Wildman–Crippen LogP) is 6.89. The summed E-state index contributed by atoms with van der Waals surface area (Å²) < 4.78 is 0. The fourth-order valence-corrected chi connectivity index (χ4v) is 5.15. The van der Waals surface area contributed by atoms with Gasteiger partial charge >= 0.3 is 0 Å². The van der Waals surface area contributed by atoms with Crippen LogP contribution < -0.4 is 10.2 Å². The van der Waals surface area contributed by atoms with Gasteiger partial charge in [-0.15, -0.1) is 11.8 Å². The molecule has 2 amide bonds. The van der Waals surface area contributed by atoms with Gasteiger partial charge in [0.15, 0.2) is 0 Å². The van der Waals surface area contributed by atoms with E-state index in [9.17, 15) is 9.59 Å². The van der Waals surface area contributed by atoms with Crippen LogP contribution in [0.2, 0.25) is 0 Å². The second-order valence-electron chi connectivity index (χ2n) is 8.54. The van der Waals surface area contributed by atoms with Gasteiger partial charge in [-0.3, -0.25) is 14.5 Å². The Labute approximate surface area is 215 Å². The fraction of sp³-hybridized carbons (Fsp3) is 0.0968. The van der Waals surface area contributed by atoms with Gasteiger partial charge in [0, 0.05) is 16.7 Å². The Balaban J connectivity index is 1.28. The van der Waals surface area contributed by atoms with Crippen molar-refractivity contribution in [3.63, 3.8) is 0 Å². The molecule has 0 aliphatic carbocycles. The molecule has 1 heterocycles. The molecule has 1 aliphatic heterocycles. The lowest BCUT2D eigenvalue weighted by Crippen LogP contribution is -2.28. The summed E-state index contributed by atoms with van der Waals surface area (Å²) >= 11 is 1.47. The van der Waals surface area contributed by atoms with E-state index in [1.807, 2.05) is 95.9 Å². The van der Waals surface area contributed by atoms with Crippen LogP contribution in [0.15, 0.2) is 114 Å². The smallest absolute Gasteiger partial charge is 0.248 e. The zero-order valence-electron chi connectivity index (χ0n) is 19.8. The van der Waals surface area contributed by atoms with E-state index in [1.54, 1.807) is 6.08 Å². The standard InChI is InChI=1S/C31H26N2O2S/c34-30(20-17-23-9-2-1-3-10-23)32-26-13-8-14-27(21-26)36-22-31(35)33-28-15-6-4-11-24(28)18-19-25-12-5-7-16-29(25)33/h1-17,20-21H,18-19,22H2,(H,32,34)/b20-17+. The average molecular weight is 491 g/mol. The van der Waals surface area contributed by atoms with E-state index in [0.717, 1.165) is 34.7 Å². The Morgan fingerprint density at radius 1 is 0.778 bits per heavy atom. The summed E-state index contributed by atoms with van der Waals surface area (Å²) in [6, 6.07) is 33.6. The number of benzene rings is 4. The van der Waals surface area contributed by atoms with Gasteiger partial charge in [0.05, 0.1) is 17.1 Å². The molecule has 0 unspecified atom stereocenters. The summed E-state index contributed by atoms with van der Waals surface area (Å²) in [5.41, 5.74) is 5.94. The first-order valence-corrected chi connectivity index (χ1v) is 12.9. The molecule has 4 aromatic rings. The third-order valence-corrected chi connectivity index (χ3v) is 7.05. The molecule has 1 aliphatic rings. The first-order chi connectivity index (χ1) is 17.7. The van der Waals surface area contributed by atoms with Gasteiger partial charge in [-0.1, -0.05) is 72.8 Å². The molecule has 0 atom stereocenters. The minimum atomic E-state index is -0.199. The van der Waals surface area contributed by atoms with Crippen molar-refractivity contribution in [1.82, 2.24) is 0 Å². The zero-order chi connectivity index (χ0) is 24.7. The summed E-state index contributed by atoms with van der Waals surface area (Å²) in [7, 11) is 0. The Morgan fingerprint density at radius 2 is 1.42 bits per heavy atom. The summed E-state index contributed by atoms with van der Waals surface area (Å²) in [4.78, 5) is 28.7. The highest BCUT2D eigenvalue weighted by atomic mass is 32.2. The number of carbonyl (C=O) groups is 2. The second-order valence-corrected chi connectivity index (χ2v) is 9.59. The number of hydrogen-bond donors (Lipinski definition) is 1. The minimum absolute atomic E-state index is 0.0297. The molecule has 36 heavy (non-hydrogen) atoms. The number of amides is 2. The van der Waals surface area contributed by atoms with Crippen LogP contribution in [0, 0.1) is 0 Å². The molecular formula is C31H26N2O2S. The van der Waals surface area contributed by atoms with Crippen molar-refractivity contribution in [3.05, 3.63) is 126 Å². The highest BCUT2D eigenvalue weighted by Gasteiger charge is 2.25. The molecule has 5 heteroatoms. The zero-order valence-corrected chi connectivity index (χ0v) is 20.6. The number of carbonyl (C=O) groups excluding carboxylic acids is 2. The topological polar surface area (TPSA) is 49.4 Å². The van der Waals surface area contributed by atoms with Crippen LogP contribution in [0.25, 0.3) is 6.08 Å². The van der Waals surface area contributed by atoms with Gasteiger partial charge in [0.1, 0.15) is 0 Å². The Morgan fingerprint density at radius 3 is 2.11 bits per heavy atom. The molecule has 0 spiro atoms. The van der Waals surface area contributed by atoms with E-state index in [2.05, 4.69) is 17.4 Å². The Kier molecular flexibility index (Phi) is 7.29. The molecule has 5 rings (SSSR count). The predicted molar refractivity (Wildman–Crippen MR) is 149 cm³/mol. The lowest BCUT2D eigenvalue weighted by Gasteiger charge is -2.25. The number of rotatable bonds is 6. The molecule has 4 aromatic carbocycles. The van der Waals surface area contributed by atoms with E-state index in [-0.39, 0.29) is 17.6 Å². The maximum Gasteiger partial charge on any atom is 0.248 e. The van der Waals surface area contributed by atoms with Crippen LogP contribution in [0.4, 0.5) is 17.1 Å². The number of nitrogens with zero attached hydrogens (tertiary/aromatic N) is 1. The van der Waals surface area contributed by atoms with Crippen molar-refractivity contribution in [3.8, 4) is 0 Å². The van der Waals surface area contributed by atoms with Gasteiger partial charge in [-0.05, 0) is 65.9 Å². The van der Waals surface area contributed by atoms with Gasteiger partial charge < -0.3 is 5.32 Å². The maximum absolute atomic E-state index is 13.6. The Bertz CT molecular complexity index is 1370. The molecule has 0 radical (unpaired) electrons. The maximum atomic E-state index is 13.6. The highest BCUT2D eigenvalue weighted by Crippen LogP contribution is 2.36. The fourth-order valence-electron chi connectivity index (χ4n) is 4.34. The minimum Gasteiger partial charge on any atom is -0.322 e. The highest BCUT2D eigenvalue weighted by molar-refractivity contribution is 8.00. The number of anilines is 3. The van der Waals surface area contributed by atoms with E-state index in [0.29, 0.717) is 5.69 Å². The third-order valence-electron chi connectivity index (χ3n) is 6.07. The molecule has 0 aromatic heterocycles. The van der Waals surface area contributed by atoms with Crippen LogP contribution in [0.1, 0.15) is 16.7 Å². The van der Waals surface area contributed by atoms with E-state index < -0.39 is 0 Å². The normalized spacial score (nSPS) is 12.5.